The zero-order valence-corrected chi connectivity index (χ0v) is 59.0. The van der Waals surface area contributed by atoms with E-state index >= 15 is 0 Å². The fourth-order valence-electron chi connectivity index (χ4n) is 17.5. The fraction of sp³-hybridized carbons (Fsp3) is 0. The summed E-state index contributed by atoms with van der Waals surface area (Å²) in [4.78, 5) is 7.42. The number of para-hydroxylation sites is 9. The molecule has 0 saturated carbocycles. The summed E-state index contributed by atoms with van der Waals surface area (Å²) in [6.45, 7) is 15.3. The molecule has 0 saturated heterocycles. The smallest absolute Gasteiger partial charge is 0.188 e. The van der Waals surface area contributed by atoms with Gasteiger partial charge in [-0.25, -0.2) is 9.69 Å². The Morgan fingerprint density at radius 1 is 0.227 bits per heavy atom. The van der Waals surface area contributed by atoms with Crippen LogP contribution in [0.5, 0.6) is 0 Å². The molecule has 10 heteroatoms. The van der Waals surface area contributed by atoms with Crippen LogP contribution >= 0.6 is 0 Å². The van der Waals surface area contributed by atoms with Gasteiger partial charge in [-0.05, 0) is 174 Å². The monoisotopic (exact) mass is 1400 g/mol. The first kappa shape index (κ1) is 62.8. The standard InChI is InChI=1S/2C50H29N5/c1-52-34-24-26-48-42(29-34)40-17-4-8-22-46(40)53(48)35-14-10-12-32(28-35)37-19-11-13-33(31-51)50(37)55-47-23-9-5-18-41(47)43-30-36(25-27-49(43)55)54-44-20-6-2-15-38(44)39-16-3-7-21-45(39)54;1-52-34-22-25-48-42(29-34)40-15-4-8-19-46(40)53(48)35-12-10-11-33(28-35)37-24-21-32(31-51)27-50(37)55-47-20-9-5-16-41(47)43-30-36(23-26-49(43)55)54-44-17-6-2-13-38(44)39-14-3-7-18-45(39)54/h2*2-30H. The van der Waals surface area contributed by atoms with E-state index in [1.807, 2.05) is 72.8 Å². The second kappa shape index (κ2) is 25.0. The molecule has 0 amide bonds. The Morgan fingerprint density at radius 3 is 0.945 bits per heavy atom. The topological polar surface area (TPSA) is 85.9 Å². The predicted octanol–water partition coefficient (Wildman–Crippen LogP) is 26.1. The summed E-state index contributed by atoms with van der Waals surface area (Å²) < 4.78 is 13.9. The summed E-state index contributed by atoms with van der Waals surface area (Å²) in [6.07, 6.45) is 0. The second-order valence-electron chi connectivity index (χ2n) is 27.9. The van der Waals surface area contributed by atoms with Crippen molar-refractivity contribution in [3.63, 3.8) is 0 Å². The van der Waals surface area contributed by atoms with Gasteiger partial charge in [0.25, 0.3) is 0 Å². The third kappa shape index (κ3) is 9.58. The summed E-state index contributed by atoms with van der Waals surface area (Å²) in [5.74, 6) is 0. The van der Waals surface area contributed by atoms with Crippen LogP contribution in [0, 0.1) is 35.8 Å². The Balaban J connectivity index is 0.000000140. The van der Waals surface area contributed by atoms with Gasteiger partial charge in [-0.15, -0.1) is 0 Å². The third-order valence-electron chi connectivity index (χ3n) is 22.1. The van der Waals surface area contributed by atoms with Gasteiger partial charge in [-0.3, -0.25) is 0 Å². The first-order valence-electron chi connectivity index (χ1n) is 36.6. The maximum atomic E-state index is 10.7. The molecule has 16 aromatic carbocycles. The Labute approximate surface area is 630 Å². The van der Waals surface area contributed by atoms with Crippen molar-refractivity contribution in [2.24, 2.45) is 0 Å². The maximum Gasteiger partial charge on any atom is 0.188 e. The van der Waals surface area contributed by atoms with Crippen molar-refractivity contribution in [3.05, 3.63) is 386 Å². The van der Waals surface area contributed by atoms with E-state index < -0.39 is 0 Å². The van der Waals surface area contributed by atoms with Gasteiger partial charge in [0.15, 0.2) is 11.4 Å². The molecule has 0 atom stereocenters. The lowest BCUT2D eigenvalue weighted by Gasteiger charge is -2.17. The minimum absolute atomic E-state index is 0.598. The number of nitrogens with zero attached hydrogens (tertiary/aromatic N) is 10. The van der Waals surface area contributed by atoms with E-state index in [9.17, 15) is 10.5 Å². The van der Waals surface area contributed by atoms with Crippen molar-refractivity contribution in [1.29, 1.82) is 10.5 Å². The molecule has 22 aromatic rings. The first-order chi connectivity index (χ1) is 54.4. The van der Waals surface area contributed by atoms with E-state index in [1.165, 1.54) is 43.6 Å². The molecule has 22 rings (SSSR count). The molecule has 110 heavy (non-hydrogen) atoms. The average Bonchev–Trinajstić information content (AvgIpc) is 1.57. The summed E-state index contributed by atoms with van der Waals surface area (Å²) >= 11 is 0. The van der Waals surface area contributed by atoms with Crippen molar-refractivity contribution in [2.45, 2.75) is 0 Å². The predicted molar refractivity (Wildman–Crippen MR) is 452 cm³/mol. The van der Waals surface area contributed by atoms with Crippen LogP contribution in [0.1, 0.15) is 11.1 Å². The zero-order valence-electron chi connectivity index (χ0n) is 59.0. The minimum atomic E-state index is 0.598. The van der Waals surface area contributed by atoms with Gasteiger partial charge >= 0.3 is 0 Å². The lowest BCUT2D eigenvalue weighted by Crippen LogP contribution is -2.02. The highest BCUT2D eigenvalue weighted by Crippen LogP contribution is 2.45. The molecule has 0 spiro atoms. The summed E-state index contributed by atoms with van der Waals surface area (Å²) in [7, 11) is 0. The minimum Gasteiger partial charge on any atom is -0.309 e. The van der Waals surface area contributed by atoms with Crippen LogP contribution in [0.25, 0.3) is 197 Å². The average molecular weight is 1400 g/mol. The molecule has 6 aromatic heterocycles. The molecule has 0 radical (unpaired) electrons. The Morgan fingerprint density at radius 2 is 0.545 bits per heavy atom. The molecule has 0 aliphatic carbocycles. The molecular formula is C100H58N10. The molecule has 0 bridgehead atoms. The molecule has 0 N–H and O–H groups in total. The van der Waals surface area contributed by atoms with Gasteiger partial charge in [-0.1, -0.05) is 200 Å². The number of hydrogen-bond donors (Lipinski definition) is 0. The molecular weight excluding hydrogens is 1340 g/mol. The van der Waals surface area contributed by atoms with E-state index in [-0.39, 0.29) is 0 Å². The summed E-state index contributed by atoms with van der Waals surface area (Å²) in [5.41, 5.74) is 25.6. The van der Waals surface area contributed by atoms with Gasteiger partial charge in [0.1, 0.15) is 6.07 Å². The van der Waals surface area contributed by atoms with E-state index in [1.54, 1.807) is 0 Å². The van der Waals surface area contributed by atoms with Crippen molar-refractivity contribution in [1.82, 2.24) is 27.4 Å². The highest BCUT2D eigenvalue weighted by molar-refractivity contribution is 6.16. The summed E-state index contributed by atoms with van der Waals surface area (Å²) in [6, 6.07) is 128. The zero-order chi connectivity index (χ0) is 73.2. The first-order valence-corrected chi connectivity index (χ1v) is 36.6. The number of fused-ring (bicyclic) bond motifs is 18. The van der Waals surface area contributed by atoms with Crippen LogP contribution < -0.4 is 0 Å². The van der Waals surface area contributed by atoms with Crippen molar-refractivity contribution < 1.29 is 0 Å². The number of benzene rings is 16. The molecule has 508 valence electrons. The van der Waals surface area contributed by atoms with Gasteiger partial charge < -0.3 is 27.4 Å². The van der Waals surface area contributed by atoms with Gasteiger partial charge in [-0.2, -0.15) is 10.5 Å². The number of hydrogen-bond acceptors (Lipinski definition) is 2. The quantitative estimate of drug-likeness (QED) is 0.142. The molecule has 0 aliphatic rings. The molecule has 6 heterocycles. The van der Waals surface area contributed by atoms with E-state index in [4.69, 9.17) is 13.1 Å². The lowest BCUT2D eigenvalue weighted by atomic mass is 9.99. The SMILES string of the molecule is [C-]#[N+]c1ccc2c(c1)c1ccccc1n2-c1cccc(-c2ccc(C#N)cc2-n2c3ccccc3c3cc(-n4c5ccccc5c5ccccc54)ccc32)c1.[C-]#[N+]c1ccc2c(c1)c1ccccc1n2-c1cccc(-c2cccc(C#N)c2-n2c3ccccc3c3cc(-n4c5ccccc5c5ccccc54)ccc32)c1. The summed E-state index contributed by atoms with van der Waals surface area (Å²) in [5, 5.41) is 34.6. The normalized spacial score (nSPS) is 11.6. The largest absolute Gasteiger partial charge is 0.309 e. The Kier molecular flexibility index (Phi) is 14.3. The van der Waals surface area contributed by atoms with Crippen LogP contribution in [0.3, 0.4) is 0 Å². The highest BCUT2D eigenvalue weighted by atomic mass is 15.0. The van der Waals surface area contributed by atoms with Crippen LogP contribution in [0.2, 0.25) is 0 Å². The number of nitriles is 2. The van der Waals surface area contributed by atoms with Crippen LogP contribution in [-0.4, -0.2) is 27.4 Å². The van der Waals surface area contributed by atoms with E-state index in [0.29, 0.717) is 22.5 Å². The van der Waals surface area contributed by atoms with Gasteiger partial charge in [0.05, 0.1) is 108 Å². The van der Waals surface area contributed by atoms with E-state index in [0.717, 1.165) is 144 Å². The van der Waals surface area contributed by atoms with Crippen molar-refractivity contribution >= 4 is 142 Å². The van der Waals surface area contributed by atoms with Gasteiger partial charge in [0.2, 0.25) is 0 Å². The molecule has 10 nitrogen and oxygen atoms in total. The lowest BCUT2D eigenvalue weighted by molar-refractivity contribution is 1.15. The third-order valence-corrected chi connectivity index (χ3v) is 22.1. The number of aromatic nitrogens is 6. The molecule has 0 unspecified atom stereocenters. The maximum absolute atomic E-state index is 10.7. The Bertz CT molecular complexity index is 7760. The molecule has 0 fully saturated rings. The highest BCUT2D eigenvalue weighted by Gasteiger charge is 2.25. The van der Waals surface area contributed by atoms with Crippen LogP contribution in [0.4, 0.5) is 11.4 Å². The molecule has 0 aliphatic heterocycles. The van der Waals surface area contributed by atoms with Crippen LogP contribution in [0.15, 0.2) is 352 Å². The van der Waals surface area contributed by atoms with Crippen molar-refractivity contribution in [3.8, 4) is 68.5 Å². The number of rotatable bonds is 8. The van der Waals surface area contributed by atoms with Crippen LogP contribution in [-0.2, 0) is 0 Å². The fourth-order valence-corrected chi connectivity index (χ4v) is 17.5. The van der Waals surface area contributed by atoms with Crippen molar-refractivity contribution in [2.75, 3.05) is 0 Å². The van der Waals surface area contributed by atoms with Gasteiger partial charge in [0, 0.05) is 87.7 Å². The van der Waals surface area contributed by atoms with E-state index in [2.05, 4.69) is 328 Å². The second-order valence-corrected chi connectivity index (χ2v) is 27.9. The Hall–Kier alpha value is -15.7.